The van der Waals surface area contributed by atoms with Gasteiger partial charge in [0.2, 0.25) is 0 Å². The molecular weight excluding hydrogens is 468 g/mol. The average molecular weight is 489 g/mol. The van der Waals surface area contributed by atoms with E-state index in [1.807, 2.05) is 43.5 Å². The van der Waals surface area contributed by atoms with Crippen molar-refractivity contribution >= 4 is 34.5 Å². The third kappa shape index (κ3) is 5.10. The van der Waals surface area contributed by atoms with Crippen LogP contribution in [-0.2, 0) is 6.61 Å². The zero-order valence-electron chi connectivity index (χ0n) is 16.0. The molecule has 0 amide bonds. The Labute approximate surface area is 178 Å². The first kappa shape index (κ1) is 20.3. The van der Waals surface area contributed by atoms with E-state index in [4.69, 9.17) is 9.47 Å². The maximum Gasteiger partial charge on any atom is 0.174 e. The van der Waals surface area contributed by atoms with E-state index in [1.165, 1.54) is 17.7 Å². The normalized spacial score (nSPS) is 11.0. The van der Waals surface area contributed by atoms with Crippen LogP contribution in [0.5, 0.6) is 11.5 Å². The fraction of sp³-hybridized carbons (Fsp3) is 0.174. The average Bonchev–Trinajstić information content (AvgIpc) is 2.66. The summed E-state index contributed by atoms with van der Waals surface area (Å²) in [5.74, 6) is 0.974. The Morgan fingerprint density at radius 2 is 1.89 bits per heavy atom. The molecule has 3 nitrogen and oxygen atoms in total. The molecule has 0 aliphatic heterocycles. The molecule has 0 heterocycles. The van der Waals surface area contributed by atoms with Crippen LogP contribution >= 0.6 is 22.6 Å². The van der Waals surface area contributed by atoms with E-state index in [1.54, 1.807) is 13.2 Å². The van der Waals surface area contributed by atoms with Crippen molar-refractivity contribution in [2.24, 2.45) is 4.99 Å². The number of benzene rings is 3. The van der Waals surface area contributed by atoms with Gasteiger partial charge in [-0.05, 0) is 83.5 Å². The first-order valence-electron chi connectivity index (χ1n) is 8.82. The molecule has 0 spiro atoms. The Hall–Kier alpha value is -2.41. The third-order valence-corrected chi connectivity index (χ3v) is 5.03. The van der Waals surface area contributed by atoms with Gasteiger partial charge < -0.3 is 9.47 Å². The smallest absolute Gasteiger partial charge is 0.174 e. The maximum atomic E-state index is 13.3. The number of nitrogens with zero attached hydrogens (tertiary/aromatic N) is 1. The van der Waals surface area contributed by atoms with E-state index in [2.05, 4.69) is 40.6 Å². The molecule has 0 N–H and O–H groups in total. The van der Waals surface area contributed by atoms with Crippen molar-refractivity contribution in [1.29, 1.82) is 0 Å². The summed E-state index contributed by atoms with van der Waals surface area (Å²) >= 11 is 2.21. The lowest BCUT2D eigenvalue weighted by Gasteiger charge is -2.13. The zero-order chi connectivity index (χ0) is 20.1. The van der Waals surface area contributed by atoms with Gasteiger partial charge in [-0.2, -0.15) is 0 Å². The molecule has 0 saturated heterocycles. The summed E-state index contributed by atoms with van der Waals surface area (Å²) in [4.78, 5) is 4.60. The first-order chi connectivity index (χ1) is 13.5. The highest BCUT2D eigenvalue weighted by molar-refractivity contribution is 14.1. The molecule has 0 bridgehead atoms. The highest BCUT2D eigenvalue weighted by Gasteiger charge is 2.12. The quantitative estimate of drug-likeness (QED) is 0.297. The summed E-state index contributed by atoms with van der Waals surface area (Å²) in [6, 6.07) is 16.4. The molecule has 0 aliphatic rings. The van der Waals surface area contributed by atoms with Gasteiger partial charge in [-0.3, -0.25) is 4.99 Å². The summed E-state index contributed by atoms with van der Waals surface area (Å²) in [5, 5.41) is 0. The minimum atomic E-state index is -0.277. The van der Waals surface area contributed by atoms with Crippen LogP contribution < -0.4 is 9.47 Å². The van der Waals surface area contributed by atoms with Crippen molar-refractivity contribution in [2.45, 2.75) is 20.5 Å². The summed E-state index contributed by atoms with van der Waals surface area (Å²) in [6.07, 6.45) is 1.82. The number of ether oxygens (including phenoxy) is 2. The molecule has 0 atom stereocenters. The van der Waals surface area contributed by atoms with Crippen molar-refractivity contribution in [1.82, 2.24) is 0 Å². The van der Waals surface area contributed by atoms with Gasteiger partial charge in [0.1, 0.15) is 12.4 Å². The fourth-order valence-electron chi connectivity index (χ4n) is 2.83. The van der Waals surface area contributed by atoms with Gasteiger partial charge in [-0.25, -0.2) is 4.39 Å². The van der Waals surface area contributed by atoms with Crippen LogP contribution in [0, 0.1) is 23.2 Å². The Kier molecular flexibility index (Phi) is 6.67. The van der Waals surface area contributed by atoms with Crippen LogP contribution in [0.15, 0.2) is 59.6 Å². The lowest BCUT2D eigenvalue weighted by molar-refractivity contribution is 0.282. The number of aryl methyl sites for hydroxylation is 2. The van der Waals surface area contributed by atoms with E-state index in [9.17, 15) is 4.39 Å². The monoisotopic (exact) mass is 489 g/mol. The van der Waals surface area contributed by atoms with Crippen LogP contribution in [0.4, 0.5) is 10.1 Å². The number of halogens is 2. The van der Waals surface area contributed by atoms with E-state index in [0.717, 1.165) is 25.9 Å². The summed E-state index contributed by atoms with van der Waals surface area (Å²) < 4.78 is 25.7. The molecule has 3 rings (SSSR count). The molecule has 0 saturated carbocycles. The minimum absolute atomic E-state index is 0.264. The fourth-order valence-corrected chi connectivity index (χ4v) is 3.61. The van der Waals surface area contributed by atoms with Gasteiger partial charge in [0.15, 0.2) is 11.5 Å². The number of aliphatic imine (C=N–C) groups is 1. The van der Waals surface area contributed by atoms with Crippen molar-refractivity contribution in [3.63, 3.8) is 0 Å². The molecule has 3 aromatic rings. The van der Waals surface area contributed by atoms with Crippen LogP contribution in [0.25, 0.3) is 0 Å². The highest BCUT2D eigenvalue weighted by Crippen LogP contribution is 2.34. The van der Waals surface area contributed by atoms with E-state index in [0.29, 0.717) is 11.5 Å². The Morgan fingerprint density at radius 3 is 2.61 bits per heavy atom. The van der Waals surface area contributed by atoms with Gasteiger partial charge in [-0.1, -0.05) is 29.8 Å². The SMILES string of the molecule is COc1cc(C=Nc2ccc(C)cc2C)cc(I)c1OCc1cccc(F)c1. The Balaban J connectivity index is 1.81. The standard InChI is InChI=1S/C23H21FINO2/c1-15-7-8-21(16(2)9-15)26-13-18-11-20(25)23(22(12-18)27-3)28-14-17-5-4-6-19(24)10-17/h4-13H,14H2,1-3H3. The number of hydrogen-bond donors (Lipinski definition) is 0. The molecule has 0 radical (unpaired) electrons. The first-order valence-corrected chi connectivity index (χ1v) is 9.90. The minimum Gasteiger partial charge on any atom is -0.493 e. The lowest BCUT2D eigenvalue weighted by Crippen LogP contribution is -2.01. The van der Waals surface area contributed by atoms with Crippen molar-refractivity contribution in [3.8, 4) is 11.5 Å². The molecule has 28 heavy (non-hydrogen) atoms. The van der Waals surface area contributed by atoms with Gasteiger partial charge in [0, 0.05) is 6.21 Å². The van der Waals surface area contributed by atoms with E-state index < -0.39 is 0 Å². The maximum absolute atomic E-state index is 13.3. The van der Waals surface area contributed by atoms with Crippen molar-refractivity contribution in [3.05, 3.63) is 86.2 Å². The summed E-state index contributed by atoms with van der Waals surface area (Å²) in [7, 11) is 1.60. The number of methoxy groups -OCH3 is 1. The second-order valence-electron chi connectivity index (χ2n) is 6.50. The largest absolute Gasteiger partial charge is 0.493 e. The van der Waals surface area contributed by atoms with Crippen LogP contribution in [0.1, 0.15) is 22.3 Å². The van der Waals surface area contributed by atoms with Crippen LogP contribution in [0.2, 0.25) is 0 Å². The van der Waals surface area contributed by atoms with E-state index in [-0.39, 0.29) is 12.4 Å². The second-order valence-corrected chi connectivity index (χ2v) is 7.66. The second kappa shape index (κ2) is 9.19. The Morgan fingerprint density at radius 1 is 1.07 bits per heavy atom. The van der Waals surface area contributed by atoms with Gasteiger partial charge in [0.25, 0.3) is 0 Å². The topological polar surface area (TPSA) is 30.8 Å². The van der Waals surface area contributed by atoms with E-state index >= 15 is 0 Å². The van der Waals surface area contributed by atoms with Crippen LogP contribution in [0.3, 0.4) is 0 Å². The van der Waals surface area contributed by atoms with Gasteiger partial charge in [-0.15, -0.1) is 0 Å². The predicted octanol–water partition coefficient (Wildman–Crippen LogP) is 6.39. The van der Waals surface area contributed by atoms with Gasteiger partial charge in [0.05, 0.1) is 16.4 Å². The molecule has 0 unspecified atom stereocenters. The van der Waals surface area contributed by atoms with Gasteiger partial charge >= 0.3 is 0 Å². The third-order valence-electron chi connectivity index (χ3n) is 4.23. The molecule has 0 aromatic heterocycles. The van der Waals surface area contributed by atoms with Crippen LogP contribution in [-0.4, -0.2) is 13.3 Å². The lowest BCUT2D eigenvalue weighted by atomic mass is 10.1. The molecular formula is C23H21FINO2. The summed E-state index contributed by atoms with van der Waals surface area (Å²) in [5.41, 5.74) is 4.96. The molecule has 3 aromatic carbocycles. The molecule has 144 valence electrons. The molecule has 0 aliphatic carbocycles. The highest BCUT2D eigenvalue weighted by atomic mass is 127. The van der Waals surface area contributed by atoms with Crippen molar-refractivity contribution < 1.29 is 13.9 Å². The molecule has 5 heteroatoms. The number of rotatable bonds is 6. The summed E-state index contributed by atoms with van der Waals surface area (Å²) in [6.45, 7) is 4.38. The van der Waals surface area contributed by atoms with Crippen molar-refractivity contribution in [2.75, 3.05) is 7.11 Å². The zero-order valence-corrected chi connectivity index (χ0v) is 18.2. The predicted molar refractivity (Wildman–Crippen MR) is 120 cm³/mol. The Bertz CT molecular complexity index is 1020. The molecule has 0 fully saturated rings. The number of hydrogen-bond acceptors (Lipinski definition) is 3.